The average molecular weight is 209 g/mol. The second kappa shape index (κ2) is 3.48. The standard InChI is InChI=1S/C12H19NO2/c14-7-8-3-2-6-13(8)12(15)11-9-4-1-5-10(9)11/h8-11,14H,1-7H2/t8-,9?,10?,11?/m1/s1. The Balaban J connectivity index is 1.65. The van der Waals surface area contributed by atoms with Crippen LogP contribution in [0.25, 0.3) is 0 Å². The summed E-state index contributed by atoms with van der Waals surface area (Å²) in [5.41, 5.74) is 0. The van der Waals surface area contributed by atoms with Gasteiger partial charge in [-0.1, -0.05) is 6.42 Å². The topological polar surface area (TPSA) is 40.5 Å². The summed E-state index contributed by atoms with van der Waals surface area (Å²) >= 11 is 0. The van der Waals surface area contributed by atoms with Gasteiger partial charge in [-0.3, -0.25) is 4.79 Å². The Morgan fingerprint density at radius 3 is 2.60 bits per heavy atom. The molecule has 3 atom stereocenters. The van der Waals surface area contributed by atoms with Crippen LogP contribution in [0, 0.1) is 17.8 Å². The number of carbonyl (C=O) groups is 1. The summed E-state index contributed by atoms with van der Waals surface area (Å²) in [5.74, 6) is 2.10. The largest absolute Gasteiger partial charge is 0.394 e. The summed E-state index contributed by atoms with van der Waals surface area (Å²) in [4.78, 5) is 14.2. The smallest absolute Gasteiger partial charge is 0.226 e. The molecular formula is C12H19NO2. The molecule has 1 saturated heterocycles. The summed E-state index contributed by atoms with van der Waals surface area (Å²) in [6.07, 6.45) is 5.91. The van der Waals surface area contributed by atoms with Crippen LogP contribution in [0.1, 0.15) is 32.1 Å². The molecule has 2 saturated carbocycles. The Hall–Kier alpha value is -0.570. The van der Waals surface area contributed by atoms with Crippen molar-refractivity contribution in [1.82, 2.24) is 4.90 Å². The number of aliphatic hydroxyl groups excluding tert-OH is 1. The minimum atomic E-state index is 0.124. The van der Waals surface area contributed by atoms with Crippen molar-refractivity contribution in [3.05, 3.63) is 0 Å². The van der Waals surface area contributed by atoms with Crippen LogP contribution >= 0.6 is 0 Å². The van der Waals surface area contributed by atoms with Crippen molar-refractivity contribution in [2.45, 2.75) is 38.1 Å². The van der Waals surface area contributed by atoms with Crippen molar-refractivity contribution in [1.29, 1.82) is 0 Å². The lowest BCUT2D eigenvalue weighted by molar-refractivity contribution is -0.134. The minimum absolute atomic E-state index is 0.124. The molecule has 0 aromatic rings. The molecule has 0 radical (unpaired) electrons. The first-order valence-electron chi connectivity index (χ1n) is 6.24. The van der Waals surface area contributed by atoms with Gasteiger partial charge in [0.05, 0.1) is 12.6 Å². The highest BCUT2D eigenvalue weighted by atomic mass is 16.3. The summed E-state index contributed by atoms with van der Waals surface area (Å²) in [6.45, 7) is 1.02. The minimum Gasteiger partial charge on any atom is -0.394 e. The van der Waals surface area contributed by atoms with E-state index in [1.807, 2.05) is 4.90 Å². The fourth-order valence-electron chi connectivity index (χ4n) is 3.69. The summed E-state index contributed by atoms with van der Waals surface area (Å²) < 4.78 is 0. The van der Waals surface area contributed by atoms with Crippen LogP contribution in [-0.2, 0) is 4.79 Å². The number of hydrogen-bond acceptors (Lipinski definition) is 2. The Kier molecular flexibility index (Phi) is 2.23. The molecule has 0 aromatic heterocycles. The Labute approximate surface area is 90.5 Å². The monoisotopic (exact) mass is 209 g/mol. The zero-order valence-corrected chi connectivity index (χ0v) is 9.06. The molecule has 84 valence electrons. The van der Waals surface area contributed by atoms with Gasteiger partial charge in [0.1, 0.15) is 0 Å². The van der Waals surface area contributed by atoms with Gasteiger partial charge in [0.15, 0.2) is 0 Å². The van der Waals surface area contributed by atoms with Crippen molar-refractivity contribution in [3.8, 4) is 0 Å². The SMILES string of the molecule is O=C(C1C2CCCC21)N1CCC[C@@H]1CO. The number of rotatable bonds is 2. The van der Waals surface area contributed by atoms with Crippen molar-refractivity contribution < 1.29 is 9.90 Å². The van der Waals surface area contributed by atoms with Gasteiger partial charge in [-0.25, -0.2) is 0 Å². The van der Waals surface area contributed by atoms with Gasteiger partial charge in [0, 0.05) is 12.5 Å². The Bertz CT molecular complexity index is 269. The van der Waals surface area contributed by atoms with Gasteiger partial charge in [-0.05, 0) is 37.5 Å². The van der Waals surface area contributed by atoms with Gasteiger partial charge >= 0.3 is 0 Å². The van der Waals surface area contributed by atoms with Crippen LogP contribution in [-0.4, -0.2) is 35.1 Å². The van der Waals surface area contributed by atoms with Crippen molar-refractivity contribution in [2.75, 3.05) is 13.2 Å². The summed E-state index contributed by atoms with van der Waals surface area (Å²) in [5, 5.41) is 9.20. The molecule has 2 unspecified atom stereocenters. The third kappa shape index (κ3) is 1.40. The number of aliphatic hydroxyl groups is 1. The third-order valence-corrected chi connectivity index (χ3v) is 4.56. The second-order valence-electron chi connectivity index (χ2n) is 5.29. The third-order valence-electron chi connectivity index (χ3n) is 4.56. The first kappa shape index (κ1) is 9.64. The van der Waals surface area contributed by atoms with E-state index in [-0.39, 0.29) is 12.6 Å². The van der Waals surface area contributed by atoms with Crippen LogP contribution in [0.3, 0.4) is 0 Å². The van der Waals surface area contributed by atoms with E-state index in [1.165, 1.54) is 19.3 Å². The van der Waals surface area contributed by atoms with Crippen LogP contribution in [0.4, 0.5) is 0 Å². The van der Waals surface area contributed by atoms with Gasteiger partial charge in [-0.2, -0.15) is 0 Å². The maximum absolute atomic E-state index is 12.2. The predicted octanol–water partition coefficient (Wildman–Crippen LogP) is 1.02. The second-order valence-corrected chi connectivity index (χ2v) is 5.29. The highest BCUT2D eigenvalue weighted by Gasteiger charge is 2.58. The summed E-state index contributed by atoms with van der Waals surface area (Å²) in [7, 11) is 0. The number of hydrogen-bond donors (Lipinski definition) is 1. The van der Waals surface area contributed by atoms with E-state index in [0.717, 1.165) is 19.4 Å². The highest BCUT2D eigenvalue weighted by molar-refractivity contribution is 5.83. The fourth-order valence-corrected chi connectivity index (χ4v) is 3.69. The molecule has 0 aromatic carbocycles. The molecule has 2 aliphatic carbocycles. The Morgan fingerprint density at radius 1 is 1.20 bits per heavy atom. The lowest BCUT2D eigenvalue weighted by Crippen LogP contribution is -2.39. The Morgan fingerprint density at radius 2 is 1.93 bits per heavy atom. The van der Waals surface area contributed by atoms with E-state index in [2.05, 4.69) is 0 Å². The first-order chi connectivity index (χ1) is 7.33. The van der Waals surface area contributed by atoms with Gasteiger partial charge in [0.25, 0.3) is 0 Å². The zero-order valence-electron chi connectivity index (χ0n) is 9.06. The average Bonchev–Trinajstić information content (AvgIpc) is 2.72. The van der Waals surface area contributed by atoms with Gasteiger partial charge in [0.2, 0.25) is 5.91 Å². The zero-order chi connectivity index (χ0) is 10.4. The highest BCUT2D eigenvalue weighted by Crippen LogP contribution is 2.58. The molecule has 3 rings (SSSR count). The molecule has 3 fully saturated rings. The molecule has 1 N–H and O–H groups in total. The molecule has 3 nitrogen and oxygen atoms in total. The number of amides is 1. The molecule has 15 heavy (non-hydrogen) atoms. The predicted molar refractivity (Wildman–Crippen MR) is 56.1 cm³/mol. The van der Waals surface area contributed by atoms with Crippen molar-refractivity contribution in [2.24, 2.45) is 17.8 Å². The number of nitrogens with zero attached hydrogens (tertiary/aromatic N) is 1. The first-order valence-corrected chi connectivity index (χ1v) is 6.24. The molecule has 1 aliphatic heterocycles. The van der Waals surface area contributed by atoms with E-state index in [1.54, 1.807) is 0 Å². The summed E-state index contributed by atoms with van der Waals surface area (Å²) in [6, 6.07) is 0.124. The van der Waals surface area contributed by atoms with Crippen LogP contribution in [0.2, 0.25) is 0 Å². The molecule has 0 spiro atoms. The van der Waals surface area contributed by atoms with Crippen molar-refractivity contribution >= 4 is 5.91 Å². The molecule has 1 amide bonds. The van der Waals surface area contributed by atoms with E-state index in [9.17, 15) is 9.90 Å². The van der Waals surface area contributed by atoms with Crippen LogP contribution in [0.5, 0.6) is 0 Å². The lowest BCUT2D eigenvalue weighted by Gasteiger charge is -2.23. The maximum Gasteiger partial charge on any atom is 0.226 e. The number of fused-ring (bicyclic) bond motifs is 1. The number of likely N-dealkylation sites (tertiary alicyclic amines) is 1. The van der Waals surface area contributed by atoms with E-state index in [4.69, 9.17) is 0 Å². The fraction of sp³-hybridized carbons (Fsp3) is 0.917. The normalized spacial score (nSPS) is 43.1. The molecule has 3 aliphatic rings. The van der Waals surface area contributed by atoms with Crippen LogP contribution in [0.15, 0.2) is 0 Å². The van der Waals surface area contributed by atoms with E-state index in [0.29, 0.717) is 23.7 Å². The lowest BCUT2D eigenvalue weighted by atomic mass is 10.1. The molecule has 3 heteroatoms. The van der Waals surface area contributed by atoms with E-state index < -0.39 is 0 Å². The molecule has 0 bridgehead atoms. The maximum atomic E-state index is 12.2. The number of carbonyl (C=O) groups excluding carboxylic acids is 1. The van der Waals surface area contributed by atoms with Crippen molar-refractivity contribution in [3.63, 3.8) is 0 Å². The van der Waals surface area contributed by atoms with E-state index >= 15 is 0 Å². The van der Waals surface area contributed by atoms with Gasteiger partial charge < -0.3 is 10.0 Å². The molecule has 1 heterocycles. The van der Waals surface area contributed by atoms with Gasteiger partial charge in [-0.15, -0.1) is 0 Å². The molecular weight excluding hydrogens is 190 g/mol. The van der Waals surface area contributed by atoms with Crippen LogP contribution < -0.4 is 0 Å². The quantitative estimate of drug-likeness (QED) is 0.737.